The first-order chi connectivity index (χ1) is 7.69. The van der Waals surface area contributed by atoms with Gasteiger partial charge in [-0.3, -0.25) is 10.1 Å². The van der Waals surface area contributed by atoms with Crippen LogP contribution in [0, 0.1) is 22.0 Å². The number of nitrogens with zero attached hydrogens (tertiary/aromatic N) is 1. The van der Waals surface area contributed by atoms with Crippen molar-refractivity contribution in [1.82, 2.24) is 0 Å². The quantitative estimate of drug-likeness (QED) is 0.410. The third kappa shape index (κ3) is 3.43. The molecule has 1 aliphatic rings. The maximum atomic E-state index is 10.9. The number of carbonyl (C=O) groups excluding carboxylic acids is 1. The molecule has 0 aromatic carbocycles. The monoisotopic (exact) mass is 225 g/mol. The molecule has 90 valence electrons. The van der Waals surface area contributed by atoms with E-state index in [0.717, 1.165) is 43.7 Å². The summed E-state index contributed by atoms with van der Waals surface area (Å²) in [7, 11) is 0. The fourth-order valence-electron chi connectivity index (χ4n) is 2.47. The van der Waals surface area contributed by atoms with Crippen LogP contribution < -0.4 is 0 Å². The van der Waals surface area contributed by atoms with Crippen molar-refractivity contribution < 1.29 is 9.72 Å². The Morgan fingerprint density at radius 3 is 2.50 bits per heavy atom. The fourth-order valence-corrected chi connectivity index (χ4v) is 2.47. The Morgan fingerprint density at radius 2 is 2.06 bits per heavy atom. The van der Waals surface area contributed by atoms with E-state index in [1.54, 1.807) is 0 Å². The number of rotatable bonds is 5. The van der Waals surface area contributed by atoms with Gasteiger partial charge in [-0.15, -0.1) is 0 Å². The smallest absolute Gasteiger partial charge is 0.234 e. The van der Waals surface area contributed by atoms with E-state index >= 15 is 0 Å². The molecule has 4 heteroatoms. The Hall–Kier alpha value is -1.19. The lowest BCUT2D eigenvalue weighted by Gasteiger charge is -2.25. The first kappa shape index (κ1) is 12.9. The van der Waals surface area contributed by atoms with E-state index in [1.807, 2.05) is 6.92 Å². The van der Waals surface area contributed by atoms with Crippen LogP contribution in [0.15, 0.2) is 11.8 Å². The predicted molar refractivity (Wildman–Crippen MR) is 61.5 cm³/mol. The van der Waals surface area contributed by atoms with Gasteiger partial charge in [0.25, 0.3) is 0 Å². The molecule has 4 nitrogen and oxygen atoms in total. The Balaban J connectivity index is 2.84. The van der Waals surface area contributed by atoms with Crippen LogP contribution in [0.3, 0.4) is 0 Å². The van der Waals surface area contributed by atoms with Crippen molar-refractivity contribution >= 4 is 6.29 Å². The lowest BCUT2D eigenvalue weighted by Crippen LogP contribution is -2.18. The van der Waals surface area contributed by atoms with Gasteiger partial charge in [0, 0.05) is 11.5 Å². The molecule has 0 radical (unpaired) electrons. The SMILES string of the molecule is CC[C@@H](C=O)/C(=C/[N+](=O)[O-])C1CCCCC1. The van der Waals surface area contributed by atoms with Gasteiger partial charge >= 0.3 is 0 Å². The molecular weight excluding hydrogens is 206 g/mol. The second-order valence-corrected chi connectivity index (χ2v) is 4.40. The van der Waals surface area contributed by atoms with Crippen molar-refractivity contribution in [2.75, 3.05) is 0 Å². The van der Waals surface area contributed by atoms with Gasteiger partial charge in [0.2, 0.25) is 6.20 Å². The molecule has 1 aliphatic carbocycles. The first-order valence-electron chi connectivity index (χ1n) is 5.99. The Labute approximate surface area is 95.9 Å². The van der Waals surface area contributed by atoms with E-state index < -0.39 is 4.92 Å². The standard InChI is InChI=1S/C12H19NO3/c1-2-10(9-14)12(8-13(15)16)11-6-4-3-5-7-11/h8-11H,2-7H2,1H3/b12-8-/t10-/m0/s1. The van der Waals surface area contributed by atoms with Gasteiger partial charge in [0.1, 0.15) is 6.29 Å². The zero-order chi connectivity index (χ0) is 12.0. The van der Waals surface area contributed by atoms with Crippen molar-refractivity contribution in [2.24, 2.45) is 11.8 Å². The van der Waals surface area contributed by atoms with Gasteiger partial charge in [-0.1, -0.05) is 26.2 Å². The highest BCUT2D eigenvalue weighted by atomic mass is 16.6. The van der Waals surface area contributed by atoms with E-state index in [4.69, 9.17) is 0 Å². The predicted octanol–water partition coefficient (Wildman–Crippen LogP) is 2.95. The largest absolute Gasteiger partial charge is 0.303 e. The highest BCUT2D eigenvalue weighted by Gasteiger charge is 2.25. The maximum absolute atomic E-state index is 10.9. The molecule has 1 saturated carbocycles. The number of nitro groups is 1. The molecule has 0 amide bonds. The number of carbonyl (C=O) groups is 1. The van der Waals surface area contributed by atoms with Gasteiger partial charge in [-0.25, -0.2) is 0 Å². The molecule has 0 spiro atoms. The second-order valence-electron chi connectivity index (χ2n) is 4.40. The third-order valence-corrected chi connectivity index (χ3v) is 3.36. The maximum Gasteiger partial charge on any atom is 0.234 e. The molecule has 0 aliphatic heterocycles. The summed E-state index contributed by atoms with van der Waals surface area (Å²) in [5, 5.41) is 10.6. The Bertz CT molecular complexity index is 280. The summed E-state index contributed by atoms with van der Waals surface area (Å²) in [5.41, 5.74) is 0.738. The molecule has 1 atom stereocenters. The molecule has 1 rings (SSSR count). The normalized spacial score (nSPS) is 20.4. The Kier molecular flexibility index (Phi) is 5.15. The number of hydrogen-bond acceptors (Lipinski definition) is 3. The topological polar surface area (TPSA) is 60.2 Å². The molecular formula is C12H19NO3. The van der Waals surface area contributed by atoms with Crippen molar-refractivity contribution in [2.45, 2.75) is 45.4 Å². The fraction of sp³-hybridized carbons (Fsp3) is 0.750. The molecule has 16 heavy (non-hydrogen) atoms. The van der Waals surface area contributed by atoms with Crippen molar-refractivity contribution in [3.63, 3.8) is 0 Å². The van der Waals surface area contributed by atoms with Crippen molar-refractivity contribution in [3.05, 3.63) is 21.9 Å². The van der Waals surface area contributed by atoms with E-state index in [-0.39, 0.29) is 11.8 Å². The zero-order valence-corrected chi connectivity index (χ0v) is 9.72. The first-order valence-corrected chi connectivity index (χ1v) is 5.99. The lowest BCUT2D eigenvalue weighted by atomic mass is 9.78. The van der Waals surface area contributed by atoms with Crippen LogP contribution >= 0.6 is 0 Å². The zero-order valence-electron chi connectivity index (χ0n) is 9.72. The minimum absolute atomic E-state index is 0.245. The minimum atomic E-state index is -0.421. The van der Waals surface area contributed by atoms with Crippen LogP contribution in [0.5, 0.6) is 0 Å². The van der Waals surface area contributed by atoms with Gasteiger partial charge < -0.3 is 4.79 Å². The van der Waals surface area contributed by atoms with Crippen molar-refractivity contribution in [3.8, 4) is 0 Å². The molecule has 1 fully saturated rings. The average molecular weight is 225 g/mol. The third-order valence-electron chi connectivity index (χ3n) is 3.36. The van der Waals surface area contributed by atoms with E-state index in [9.17, 15) is 14.9 Å². The number of aldehydes is 1. The summed E-state index contributed by atoms with van der Waals surface area (Å²) in [6.45, 7) is 1.90. The molecule has 0 heterocycles. The van der Waals surface area contributed by atoms with Gasteiger partial charge in [0.15, 0.2) is 0 Å². The van der Waals surface area contributed by atoms with E-state index in [2.05, 4.69) is 0 Å². The minimum Gasteiger partial charge on any atom is -0.303 e. The molecule has 0 saturated heterocycles. The van der Waals surface area contributed by atoms with E-state index in [0.29, 0.717) is 6.42 Å². The second kappa shape index (κ2) is 6.40. The molecule has 0 unspecified atom stereocenters. The summed E-state index contributed by atoms with van der Waals surface area (Å²) < 4.78 is 0. The van der Waals surface area contributed by atoms with Gasteiger partial charge in [-0.05, 0) is 25.2 Å². The summed E-state index contributed by atoms with van der Waals surface area (Å²) >= 11 is 0. The van der Waals surface area contributed by atoms with Crippen LogP contribution in [0.1, 0.15) is 45.4 Å². The van der Waals surface area contributed by atoms with Crippen LogP contribution in [0.25, 0.3) is 0 Å². The van der Waals surface area contributed by atoms with Crippen LogP contribution in [0.4, 0.5) is 0 Å². The number of allylic oxidation sites excluding steroid dienone is 1. The molecule has 0 N–H and O–H groups in total. The van der Waals surface area contributed by atoms with Gasteiger partial charge in [-0.2, -0.15) is 0 Å². The summed E-state index contributed by atoms with van der Waals surface area (Å²) in [4.78, 5) is 21.1. The van der Waals surface area contributed by atoms with Gasteiger partial charge in [0.05, 0.1) is 4.92 Å². The highest BCUT2D eigenvalue weighted by Crippen LogP contribution is 2.34. The molecule has 0 bridgehead atoms. The summed E-state index contributed by atoms with van der Waals surface area (Å²) in [6.07, 6.45) is 8.00. The Morgan fingerprint density at radius 1 is 1.44 bits per heavy atom. The average Bonchev–Trinajstić information content (AvgIpc) is 2.30. The summed E-state index contributed by atoms with van der Waals surface area (Å²) in [6, 6.07) is 0. The van der Waals surface area contributed by atoms with Crippen LogP contribution in [-0.2, 0) is 4.79 Å². The van der Waals surface area contributed by atoms with Crippen molar-refractivity contribution in [1.29, 1.82) is 0 Å². The molecule has 0 aromatic rings. The van der Waals surface area contributed by atoms with E-state index in [1.165, 1.54) is 6.42 Å². The molecule has 0 aromatic heterocycles. The summed E-state index contributed by atoms with van der Waals surface area (Å²) in [5.74, 6) is -0.0252. The highest BCUT2D eigenvalue weighted by molar-refractivity contribution is 5.58. The number of hydrogen-bond donors (Lipinski definition) is 0. The van der Waals surface area contributed by atoms with Crippen LogP contribution in [0.2, 0.25) is 0 Å². The van der Waals surface area contributed by atoms with Crippen LogP contribution in [-0.4, -0.2) is 11.2 Å². The lowest BCUT2D eigenvalue weighted by molar-refractivity contribution is -0.404.